The molecule has 0 spiro atoms. The molecule has 5 nitrogen and oxygen atoms in total. The summed E-state index contributed by atoms with van der Waals surface area (Å²) in [5, 5.41) is 6.40. The van der Waals surface area contributed by atoms with E-state index in [2.05, 4.69) is 15.1 Å². The molecule has 13 heavy (non-hydrogen) atoms. The second-order valence-corrected chi connectivity index (χ2v) is 3.53. The van der Waals surface area contributed by atoms with E-state index in [1.54, 1.807) is 11.1 Å². The van der Waals surface area contributed by atoms with Gasteiger partial charge in [-0.05, 0) is 5.16 Å². The van der Waals surface area contributed by atoms with Gasteiger partial charge < -0.3 is 9.42 Å². The smallest absolute Gasteiger partial charge is 0.288 e. The van der Waals surface area contributed by atoms with Crippen LogP contribution in [0.5, 0.6) is 0 Å². The van der Waals surface area contributed by atoms with Crippen molar-refractivity contribution in [3.63, 3.8) is 0 Å². The van der Waals surface area contributed by atoms with E-state index in [1.165, 1.54) is 11.3 Å². The molecule has 0 atom stereocenters. The zero-order chi connectivity index (χ0) is 9.26. The first-order valence-electron chi connectivity index (χ1n) is 3.68. The second kappa shape index (κ2) is 3.14. The van der Waals surface area contributed by atoms with E-state index in [0.29, 0.717) is 11.8 Å². The maximum Gasteiger partial charge on any atom is 0.288 e. The van der Waals surface area contributed by atoms with Gasteiger partial charge >= 0.3 is 0 Å². The Morgan fingerprint density at radius 2 is 2.31 bits per heavy atom. The Hall–Kier alpha value is -1.43. The van der Waals surface area contributed by atoms with Crippen LogP contribution in [-0.4, -0.2) is 29.2 Å². The van der Waals surface area contributed by atoms with Gasteiger partial charge in [0.25, 0.3) is 11.8 Å². The Bertz CT molecular complexity index is 381. The monoisotopic (exact) mass is 196 g/mol. The fourth-order valence-electron chi connectivity index (χ4n) is 0.813. The van der Waals surface area contributed by atoms with Crippen molar-refractivity contribution in [3.8, 4) is 10.9 Å². The summed E-state index contributed by atoms with van der Waals surface area (Å²) >= 11 is 1.48. The van der Waals surface area contributed by atoms with Gasteiger partial charge in [-0.15, -0.1) is 11.3 Å². The zero-order valence-electron chi connectivity index (χ0n) is 7.26. The molecule has 2 rings (SSSR count). The molecule has 0 aliphatic carbocycles. The molecule has 2 aromatic rings. The van der Waals surface area contributed by atoms with Crippen LogP contribution in [0.15, 0.2) is 16.1 Å². The molecule has 0 aliphatic heterocycles. The highest BCUT2D eigenvalue weighted by Gasteiger charge is 2.11. The normalized spacial score (nSPS) is 10.3. The van der Waals surface area contributed by atoms with Crippen molar-refractivity contribution in [2.45, 2.75) is 0 Å². The van der Waals surface area contributed by atoms with Crippen molar-refractivity contribution in [2.75, 3.05) is 19.0 Å². The predicted molar refractivity (Wildman–Crippen MR) is 49.7 cm³/mol. The van der Waals surface area contributed by atoms with Gasteiger partial charge in [-0.2, -0.15) is 4.98 Å². The first kappa shape index (κ1) is 8.18. The molecule has 0 saturated carbocycles. The summed E-state index contributed by atoms with van der Waals surface area (Å²) in [5.41, 5.74) is 0. The van der Waals surface area contributed by atoms with E-state index in [1.807, 2.05) is 19.5 Å². The van der Waals surface area contributed by atoms with E-state index >= 15 is 0 Å². The van der Waals surface area contributed by atoms with Gasteiger partial charge in [-0.3, -0.25) is 0 Å². The number of aromatic nitrogens is 3. The van der Waals surface area contributed by atoms with Gasteiger partial charge in [0.05, 0.1) is 0 Å². The predicted octanol–water partition coefficient (Wildman–Crippen LogP) is 1.26. The van der Waals surface area contributed by atoms with E-state index in [9.17, 15) is 0 Å². The van der Waals surface area contributed by atoms with E-state index in [-0.39, 0.29) is 0 Å². The Kier molecular flexibility index (Phi) is 1.97. The number of anilines is 1. The van der Waals surface area contributed by atoms with E-state index < -0.39 is 0 Å². The summed E-state index contributed by atoms with van der Waals surface area (Å²) in [6.07, 6.45) is 1.71. The number of hydrogen-bond donors (Lipinski definition) is 0. The molecule has 0 N–H and O–H groups in total. The molecule has 0 unspecified atom stereocenters. The van der Waals surface area contributed by atoms with E-state index in [4.69, 9.17) is 4.52 Å². The van der Waals surface area contributed by atoms with Crippen molar-refractivity contribution in [1.82, 2.24) is 15.1 Å². The van der Waals surface area contributed by atoms with Crippen molar-refractivity contribution >= 4 is 17.3 Å². The first-order chi connectivity index (χ1) is 6.27. The van der Waals surface area contributed by atoms with Crippen molar-refractivity contribution in [2.24, 2.45) is 0 Å². The Morgan fingerprint density at radius 1 is 1.46 bits per heavy atom. The molecule has 2 aromatic heterocycles. The summed E-state index contributed by atoms with van der Waals surface area (Å²) in [4.78, 5) is 9.99. The van der Waals surface area contributed by atoms with Crippen LogP contribution in [0.3, 0.4) is 0 Å². The highest BCUT2D eigenvalue weighted by Crippen LogP contribution is 2.20. The third-order valence-corrected chi connectivity index (χ3v) is 2.19. The molecular weight excluding hydrogens is 188 g/mol. The average Bonchev–Trinajstić information content (AvgIpc) is 2.75. The minimum Gasteiger partial charge on any atom is -0.344 e. The summed E-state index contributed by atoms with van der Waals surface area (Å²) in [6, 6.07) is 0. The molecule has 6 heteroatoms. The fourth-order valence-corrected chi connectivity index (χ4v) is 1.37. The minimum atomic E-state index is 0.471. The van der Waals surface area contributed by atoms with Crippen LogP contribution in [0, 0.1) is 0 Å². The quantitative estimate of drug-likeness (QED) is 0.723. The topological polar surface area (TPSA) is 55.1 Å². The Morgan fingerprint density at radius 3 is 2.85 bits per heavy atom. The number of nitrogens with zero attached hydrogens (tertiary/aromatic N) is 4. The van der Waals surface area contributed by atoms with Gasteiger partial charge in [-0.25, -0.2) is 4.98 Å². The lowest BCUT2D eigenvalue weighted by Crippen LogP contribution is -2.09. The summed E-state index contributed by atoms with van der Waals surface area (Å²) in [6.45, 7) is 0. The number of hydrogen-bond acceptors (Lipinski definition) is 6. The lowest BCUT2D eigenvalue weighted by Gasteiger charge is -2.01. The van der Waals surface area contributed by atoms with Crippen LogP contribution >= 0.6 is 11.3 Å². The van der Waals surface area contributed by atoms with Crippen LogP contribution < -0.4 is 4.90 Å². The lowest BCUT2D eigenvalue weighted by atomic mass is 10.7. The molecule has 0 saturated heterocycles. The highest BCUT2D eigenvalue weighted by molar-refractivity contribution is 7.12. The summed E-state index contributed by atoms with van der Waals surface area (Å²) in [7, 11) is 3.72. The summed E-state index contributed by atoms with van der Waals surface area (Å²) < 4.78 is 5.02. The Labute approximate surface area is 79.0 Å². The van der Waals surface area contributed by atoms with Crippen molar-refractivity contribution in [1.29, 1.82) is 0 Å². The van der Waals surface area contributed by atoms with Crippen LogP contribution in [0.1, 0.15) is 0 Å². The molecular formula is C7H8N4OS. The largest absolute Gasteiger partial charge is 0.344 e. The molecule has 68 valence electrons. The Balaban J connectivity index is 2.33. The van der Waals surface area contributed by atoms with Gasteiger partial charge in [-0.1, -0.05) is 0 Å². The van der Waals surface area contributed by atoms with Crippen molar-refractivity contribution in [3.05, 3.63) is 11.6 Å². The molecule has 0 radical (unpaired) electrons. The summed E-state index contributed by atoms with van der Waals surface area (Å²) in [5.74, 6) is 1.03. The van der Waals surface area contributed by atoms with Crippen LogP contribution in [0.4, 0.5) is 5.95 Å². The number of thiazole rings is 1. The molecule has 0 bridgehead atoms. The third-order valence-electron chi connectivity index (χ3n) is 1.43. The third kappa shape index (κ3) is 1.52. The molecule has 0 fully saturated rings. The minimum absolute atomic E-state index is 0.471. The van der Waals surface area contributed by atoms with Gasteiger partial charge in [0.15, 0.2) is 5.01 Å². The maximum atomic E-state index is 5.02. The fraction of sp³-hybridized carbons (Fsp3) is 0.286. The average molecular weight is 196 g/mol. The van der Waals surface area contributed by atoms with Gasteiger partial charge in [0.2, 0.25) is 0 Å². The lowest BCUT2D eigenvalue weighted by molar-refractivity contribution is 0.430. The molecule has 2 heterocycles. The molecule has 0 aliphatic rings. The zero-order valence-corrected chi connectivity index (χ0v) is 8.08. The van der Waals surface area contributed by atoms with Gasteiger partial charge in [0, 0.05) is 25.7 Å². The SMILES string of the molecule is CN(C)c1noc(-c2nccs2)n1. The number of rotatable bonds is 2. The standard InChI is InChI=1S/C7H8N4OS/c1-11(2)7-9-5(12-10-7)6-8-3-4-13-6/h3-4H,1-2H3. The molecule has 0 aromatic carbocycles. The van der Waals surface area contributed by atoms with Crippen LogP contribution in [0.25, 0.3) is 10.9 Å². The first-order valence-corrected chi connectivity index (χ1v) is 4.56. The van der Waals surface area contributed by atoms with Crippen molar-refractivity contribution < 1.29 is 4.52 Å². The maximum absolute atomic E-state index is 5.02. The molecule has 0 amide bonds. The van der Waals surface area contributed by atoms with Gasteiger partial charge in [0.1, 0.15) is 0 Å². The van der Waals surface area contributed by atoms with Crippen LogP contribution in [-0.2, 0) is 0 Å². The highest BCUT2D eigenvalue weighted by atomic mass is 32.1. The second-order valence-electron chi connectivity index (χ2n) is 2.63. The van der Waals surface area contributed by atoms with Crippen LogP contribution in [0.2, 0.25) is 0 Å². The van der Waals surface area contributed by atoms with E-state index in [0.717, 1.165) is 5.01 Å².